The fourth-order valence-electron chi connectivity index (χ4n) is 7.51. The molecule has 230 valence electrons. The molecule has 0 spiro atoms. The molecule has 49 heavy (non-hydrogen) atoms. The molecule has 2 nitrogen and oxygen atoms in total. The first-order valence-electron chi connectivity index (χ1n) is 16.7. The molecular weight excluding hydrogens is 613 g/mol. The second-order valence-corrected chi connectivity index (χ2v) is 13.7. The molecule has 3 heteroatoms. The molecule has 0 aliphatic carbocycles. The quantitative estimate of drug-likeness (QED) is 0.181. The zero-order valence-electron chi connectivity index (χ0n) is 26.6. The number of hydrogen-bond acceptors (Lipinski definition) is 2. The summed E-state index contributed by atoms with van der Waals surface area (Å²) in [5, 5.41) is 7.64. The van der Waals surface area contributed by atoms with E-state index in [0.717, 1.165) is 22.7 Å². The Balaban J connectivity index is 1.23. The molecule has 10 aromatic rings. The van der Waals surface area contributed by atoms with E-state index in [4.69, 9.17) is 0 Å². The maximum absolute atomic E-state index is 2.41. The lowest BCUT2D eigenvalue weighted by Gasteiger charge is -2.26. The van der Waals surface area contributed by atoms with Gasteiger partial charge in [0.1, 0.15) is 0 Å². The molecule has 0 fully saturated rings. The minimum atomic E-state index is 1.12. The highest BCUT2D eigenvalue weighted by Gasteiger charge is 2.20. The highest BCUT2D eigenvalue weighted by atomic mass is 32.1. The SMILES string of the molecule is c1ccc(-c2ccc(N(c3ccc4c(c3)sc3ccccc34)c3ccc4c(c3)c3c5ccccc5ccc3n4-c3ccccc3)cc2)cc1. The molecule has 0 unspecified atom stereocenters. The molecule has 0 atom stereocenters. The van der Waals surface area contributed by atoms with Gasteiger partial charge in [0, 0.05) is 53.7 Å². The lowest BCUT2D eigenvalue weighted by molar-refractivity contribution is 1.18. The first-order chi connectivity index (χ1) is 24.3. The molecule has 10 rings (SSSR count). The highest BCUT2D eigenvalue weighted by molar-refractivity contribution is 7.25. The molecule has 0 bridgehead atoms. The van der Waals surface area contributed by atoms with E-state index in [1.54, 1.807) is 0 Å². The van der Waals surface area contributed by atoms with Gasteiger partial charge in [0.2, 0.25) is 0 Å². The summed E-state index contributed by atoms with van der Waals surface area (Å²) in [6, 6.07) is 66.2. The molecule has 2 aromatic heterocycles. The summed E-state index contributed by atoms with van der Waals surface area (Å²) in [6.45, 7) is 0. The average Bonchev–Trinajstić information content (AvgIpc) is 3.71. The minimum Gasteiger partial charge on any atom is -0.310 e. The van der Waals surface area contributed by atoms with Crippen LogP contribution in [-0.2, 0) is 0 Å². The first kappa shape index (κ1) is 27.9. The van der Waals surface area contributed by atoms with Gasteiger partial charge in [-0.3, -0.25) is 0 Å². The average molecular weight is 643 g/mol. The summed E-state index contributed by atoms with van der Waals surface area (Å²) >= 11 is 1.86. The number of anilines is 3. The predicted molar refractivity (Wildman–Crippen MR) is 211 cm³/mol. The summed E-state index contributed by atoms with van der Waals surface area (Å²) in [5.41, 5.74) is 9.38. The van der Waals surface area contributed by atoms with Gasteiger partial charge >= 0.3 is 0 Å². The van der Waals surface area contributed by atoms with Crippen LogP contribution in [0.1, 0.15) is 0 Å². The van der Waals surface area contributed by atoms with Crippen LogP contribution >= 0.6 is 11.3 Å². The zero-order chi connectivity index (χ0) is 32.3. The third-order valence-corrected chi connectivity index (χ3v) is 10.9. The van der Waals surface area contributed by atoms with Gasteiger partial charge < -0.3 is 9.47 Å². The zero-order valence-corrected chi connectivity index (χ0v) is 27.4. The van der Waals surface area contributed by atoms with E-state index in [9.17, 15) is 0 Å². The standard InChI is InChI=1S/C46H30N2S/c1-3-11-31(12-4-1)32-19-22-35(23-20-32)47(37-24-26-40-39-17-9-10-18-44(39)49-45(40)30-37)36-25-28-42-41(29-36)46-38-16-8-7-13-33(38)21-27-43(46)48(42)34-14-5-2-6-15-34/h1-30H. The predicted octanol–water partition coefficient (Wildman–Crippen LogP) is 13.4. The van der Waals surface area contributed by atoms with Crippen molar-refractivity contribution in [1.29, 1.82) is 0 Å². The number of thiophene rings is 1. The molecule has 0 amide bonds. The van der Waals surface area contributed by atoms with Crippen LogP contribution in [0, 0.1) is 0 Å². The number of fused-ring (bicyclic) bond motifs is 8. The van der Waals surface area contributed by atoms with Crippen molar-refractivity contribution >= 4 is 81.1 Å². The van der Waals surface area contributed by atoms with E-state index in [0.29, 0.717) is 0 Å². The van der Waals surface area contributed by atoms with E-state index in [2.05, 4.69) is 191 Å². The molecule has 0 radical (unpaired) electrons. The smallest absolute Gasteiger partial charge is 0.0547 e. The third kappa shape index (κ3) is 4.55. The number of benzene rings is 8. The van der Waals surface area contributed by atoms with Crippen molar-refractivity contribution in [3.05, 3.63) is 182 Å². The summed E-state index contributed by atoms with van der Waals surface area (Å²) in [6.07, 6.45) is 0. The van der Waals surface area contributed by atoms with Gasteiger partial charge in [0.05, 0.1) is 11.0 Å². The van der Waals surface area contributed by atoms with Gasteiger partial charge in [-0.05, 0) is 88.6 Å². The van der Waals surface area contributed by atoms with E-state index < -0.39 is 0 Å². The molecule has 8 aromatic carbocycles. The number of nitrogens with zero attached hydrogens (tertiary/aromatic N) is 2. The normalized spacial score (nSPS) is 11.7. The van der Waals surface area contributed by atoms with Gasteiger partial charge in [-0.25, -0.2) is 0 Å². The highest BCUT2D eigenvalue weighted by Crippen LogP contribution is 2.44. The first-order valence-corrected chi connectivity index (χ1v) is 17.5. The molecule has 0 aliphatic heterocycles. The fourth-order valence-corrected chi connectivity index (χ4v) is 8.65. The van der Waals surface area contributed by atoms with Crippen molar-refractivity contribution in [2.45, 2.75) is 0 Å². The van der Waals surface area contributed by atoms with Crippen molar-refractivity contribution in [3.63, 3.8) is 0 Å². The number of hydrogen-bond donors (Lipinski definition) is 0. The van der Waals surface area contributed by atoms with E-state index >= 15 is 0 Å². The van der Waals surface area contributed by atoms with Gasteiger partial charge in [-0.15, -0.1) is 11.3 Å². The maximum Gasteiger partial charge on any atom is 0.0547 e. The summed E-state index contributed by atoms with van der Waals surface area (Å²) in [5.74, 6) is 0. The van der Waals surface area contributed by atoms with Crippen LogP contribution in [0.4, 0.5) is 17.1 Å². The van der Waals surface area contributed by atoms with Gasteiger partial charge in [0.15, 0.2) is 0 Å². The van der Waals surface area contributed by atoms with Crippen molar-refractivity contribution in [2.24, 2.45) is 0 Å². The van der Waals surface area contributed by atoms with Crippen molar-refractivity contribution < 1.29 is 0 Å². The van der Waals surface area contributed by atoms with Crippen LogP contribution in [-0.4, -0.2) is 4.57 Å². The molecule has 0 saturated carbocycles. The summed E-state index contributed by atoms with van der Waals surface area (Å²) in [4.78, 5) is 2.41. The monoisotopic (exact) mass is 642 g/mol. The number of para-hydroxylation sites is 1. The summed E-state index contributed by atoms with van der Waals surface area (Å²) in [7, 11) is 0. The molecule has 2 heterocycles. The second kappa shape index (κ2) is 11.2. The Hall–Kier alpha value is -6.16. The second-order valence-electron chi connectivity index (χ2n) is 12.6. The van der Waals surface area contributed by atoms with Crippen LogP contribution in [0.25, 0.3) is 69.6 Å². The maximum atomic E-state index is 2.41. The summed E-state index contributed by atoms with van der Waals surface area (Å²) < 4.78 is 5.01. The van der Waals surface area contributed by atoms with Crippen LogP contribution in [0.3, 0.4) is 0 Å². The molecular formula is C46H30N2S. The molecule has 0 saturated heterocycles. The van der Waals surface area contributed by atoms with Crippen molar-refractivity contribution in [3.8, 4) is 16.8 Å². The number of aromatic nitrogens is 1. The Morgan fingerprint density at radius 2 is 1.00 bits per heavy atom. The van der Waals surface area contributed by atoms with Gasteiger partial charge in [-0.1, -0.05) is 115 Å². The van der Waals surface area contributed by atoms with E-state index in [-0.39, 0.29) is 0 Å². The number of rotatable bonds is 5. The lowest BCUT2D eigenvalue weighted by atomic mass is 10.0. The largest absolute Gasteiger partial charge is 0.310 e. The van der Waals surface area contributed by atoms with Crippen LogP contribution in [0.2, 0.25) is 0 Å². The minimum absolute atomic E-state index is 1.12. The van der Waals surface area contributed by atoms with E-state index in [1.807, 2.05) is 11.3 Å². The Labute approximate surface area is 288 Å². The molecule has 0 N–H and O–H groups in total. The van der Waals surface area contributed by atoms with Crippen molar-refractivity contribution in [1.82, 2.24) is 4.57 Å². The van der Waals surface area contributed by atoms with Crippen LogP contribution in [0.15, 0.2) is 182 Å². The lowest BCUT2D eigenvalue weighted by Crippen LogP contribution is -2.09. The van der Waals surface area contributed by atoms with Gasteiger partial charge in [-0.2, -0.15) is 0 Å². The Kier molecular flexibility index (Phi) is 6.39. The Bertz CT molecular complexity index is 2810. The van der Waals surface area contributed by atoms with Crippen LogP contribution < -0.4 is 4.90 Å². The van der Waals surface area contributed by atoms with E-state index in [1.165, 1.54) is 63.9 Å². The van der Waals surface area contributed by atoms with Crippen LogP contribution in [0.5, 0.6) is 0 Å². The molecule has 0 aliphatic rings. The topological polar surface area (TPSA) is 8.17 Å². The van der Waals surface area contributed by atoms with Crippen molar-refractivity contribution in [2.75, 3.05) is 4.90 Å². The Morgan fingerprint density at radius 1 is 0.388 bits per heavy atom. The third-order valence-electron chi connectivity index (χ3n) is 9.76. The Morgan fingerprint density at radius 3 is 1.84 bits per heavy atom. The van der Waals surface area contributed by atoms with Gasteiger partial charge in [0.25, 0.3) is 0 Å². The fraction of sp³-hybridized carbons (Fsp3) is 0.